The summed E-state index contributed by atoms with van der Waals surface area (Å²) >= 11 is -0.182. The second-order valence-electron chi connectivity index (χ2n) is 7.61. The van der Waals surface area contributed by atoms with Crippen molar-refractivity contribution in [2.24, 2.45) is 0 Å². The van der Waals surface area contributed by atoms with E-state index in [1.165, 1.54) is 13.1 Å². The molecule has 2 rings (SSSR count). The third-order valence-corrected chi connectivity index (χ3v) is 5.67. The monoisotopic (exact) mass is 488 g/mol. The zero-order chi connectivity index (χ0) is 25.1. The van der Waals surface area contributed by atoms with Gasteiger partial charge in [0, 0.05) is 37.2 Å². The number of carbonyl (C=O) groups excluding carboxylic acids is 3. The second kappa shape index (κ2) is 13.5. The van der Waals surface area contributed by atoms with Gasteiger partial charge in [-0.05, 0) is 43.7 Å². The Labute approximate surface area is 202 Å². The van der Waals surface area contributed by atoms with E-state index in [1.807, 2.05) is 0 Å². The summed E-state index contributed by atoms with van der Waals surface area (Å²) in [5.74, 6) is 5.40. The molecule has 180 valence electrons. The fraction of sp³-hybridized carbons (Fsp3) is 0.320. The summed E-state index contributed by atoms with van der Waals surface area (Å²) in [4.78, 5) is 36.8. The molecule has 2 aromatic carbocycles. The van der Waals surface area contributed by atoms with Gasteiger partial charge in [0.05, 0.1) is 6.04 Å². The number of carbonyl (C=O) groups is 3. The van der Waals surface area contributed by atoms with Crippen LogP contribution < -0.4 is 4.74 Å². The number of benzene rings is 2. The number of aryl methyl sites for hydroxylation is 1. The first kappa shape index (κ1) is 27.0. The van der Waals surface area contributed by atoms with Gasteiger partial charge in [-0.3, -0.25) is 18.8 Å². The fourth-order valence-corrected chi connectivity index (χ4v) is 3.32. The lowest BCUT2D eigenvalue weighted by Crippen LogP contribution is -2.34. The maximum absolute atomic E-state index is 13.6. The number of ether oxygens (including phenoxy) is 1. The van der Waals surface area contributed by atoms with Crippen molar-refractivity contribution in [2.75, 3.05) is 20.7 Å². The third kappa shape index (κ3) is 7.68. The molecule has 0 bridgehead atoms. The first-order valence-corrected chi connectivity index (χ1v) is 11.1. The minimum Gasteiger partial charge on any atom is -0.481 e. The number of aldehydes is 2. The maximum Gasteiger partial charge on any atom is 0.234 e. The van der Waals surface area contributed by atoms with E-state index in [0.29, 0.717) is 34.3 Å². The van der Waals surface area contributed by atoms with Gasteiger partial charge in [-0.1, -0.05) is 30.0 Å². The Hall–Kier alpha value is -3.22. The minimum absolute atomic E-state index is 0.0000996. The molecule has 0 radical (unpaired) electrons. The van der Waals surface area contributed by atoms with Crippen LogP contribution in [0.1, 0.15) is 39.9 Å². The highest BCUT2D eigenvalue weighted by atomic mass is 32.2. The van der Waals surface area contributed by atoms with Gasteiger partial charge in [-0.15, -0.1) is 3.89 Å². The summed E-state index contributed by atoms with van der Waals surface area (Å²) in [6.45, 7) is 1.91. The molecule has 0 saturated carbocycles. The quantitative estimate of drug-likeness (QED) is 0.269. The van der Waals surface area contributed by atoms with Gasteiger partial charge in [-0.2, -0.15) is 0 Å². The topological polar surface area (TPSA) is 66.9 Å². The van der Waals surface area contributed by atoms with Crippen LogP contribution >= 0.6 is 12.3 Å². The molecule has 0 N–H and O–H groups in total. The summed E-state index contributed by atoms with van der Waals surface area (Å²) in [7, 11) is 3.02. The smallest absolute Gasteiger partial charge is 0.234 e. The third-order valence-electron chi connectivity index (χ3n) is 5.26. The molecule has 6 nitrogen and oxygen atoms in total. The molecule has 34 heavy (non-hydrogen) atoms. The van der Waals surface area contributed by atoms with E-state index in [0.717, 1.165) is 10.6 Å². The minimum atomic E-state index is -0.609. The lowest BCUT2D eigenvalue weighted by molar-refractivity contribution is -0.125. The Morgan fingerprint density at radius 2 is 2.00 bits per heavy atom. The maximum atomic E-state index is 13.6. The molecule has 9 heteroatoms. The zero-order valence-corrected chi connectivity index (χ0v) is 20.0. The van der Waals surface area contributed by atoms with Crippen molar-refractivity contribution in [3.63, 3.8) is 0 Å². The van der Waals surface area contributed by atoms with E-state index in [2.05, 4.69) is 11.8 Å². The Morgan fingerprint density at radius 3 is 2.65 bits per heavy atom. The summed E-state index contributed by atoms with van der Waals surface area (Å²) in [6, 6.07) is 9.06. The molecule has 0 fully saturated rings. The number of nitrogens with zero attached hydrogens (tertiary/aromatic N) is 2. The highest BCUT2D eigenvalue weighted by molar-refractivity contribution is 7.92. The summed E-state index contributed by atoms with van der Waals surface area (Å²) < 4.78 is 32.5. The SMILES string of the molecule is Cc1ccc(OCC#Cc2cccc(C=O)c2CN(C)C(C=O)CCC(=O)N(C)SF)cc1F. The molecule has 0 spiro atoms. The zero-order valence-electron chi connectivity index (χ0n) is 19.2. The van der Waals surface area contributed by atoms with Gasteiger partial charge in [0.2, 0.25) is 5.91 Å². The molecule has 0 saturated heterocycles. The van der Waals surface area contributed by atoms with Crippen LogP contribution in [-0.2, 0) is 16.1 Å². The number of halogens is 2. The van der Waals surface area contributed by atoms with E-state index < -0.39 is 11.9 Å². The van der Waals surface area contributed by atoms with Gasteiger partial charge in [-0.25, -0.2) is 4.39 Å². The van der Waals surface area contributed by atoms with Crippen LogP contribution in [0.3, 0.4) is 0 Å². The van der Waals surface area contributed by atoms with E-state index in [-0.39, 0.29) is 44.1 Å². The standard InChI is InChI=1S/C25H26F2N2O4S/c1-18-9-11-22(14-24(18)26)33-13-5-8-19-6-4-7-20(16-30)23(19)15-28(2)21(17-31)10-12-25(32)29(3)34-27/h4,6-7,9,11,14,16-17,21H,10,12-13,15H2,1-3H3. The molecule has 0 aliphatic heterocycles. The van der Waals surface area contributed by atoms with Crippen LogP contribution in [0.15, 0.2) is 36.4 Å². The second-order valence-corrected chi connectivity index (χ2v) is 8.30. The molecule has 0 aliphatic rings. The van der Waals surface area contributed by atoms with Crippen LogP contribution in [0, 0.1) is 24.6 Å². The van der Waals surface area contributed by atoms with E-state index in [4.69, 9.17) is 4.74 Å². The van der Waals surface area contributed by atoms with Crippen LogP contribution in [0.4, 0.5) is 8.28 Å². The van der Waals surface area contributed by atoms with Crippen molar-refractivity contribution >= 4 is 30.8 Å². The number of likely N-dealkylation sites (N-methyl/N-ethyl adjacent to an activating group) is 1. The summed E-state index contributed by atoms with van der Waals surface area (Å²) in [6.07, 6.45) is 1.64. The van der Waals surface area contributed by atoms with Gasteiger partial charge in [0.15, 0.2) is 12.3 Å². The van der Waals surface area contributed by atoms with Crippen molar-refractivity contribution in [1.29, 1.82) is 0 Å². The fourth-order valence-electron chi connectivity index (χ4n) is 3.15. The number of amides is 1. The van der Waals surface area contributed by atoms with Crippen molar-refractivity contribution in [3.05, 3.63) is 64.5 Å². The molecule has 1 unspecified atom stereocenters. The molecule has 0 heterocycles. The highest BCUT2D eigenvalue weighted by Crippen LogP contribution is 2.19. The van der Waals surface area contributed by atoms with Crippen molar-refractivity contribution < 1.29 is 27.4 Å². The summed E-state index contributed by atoms with van der Waals surface area (Å²) in [5.41, 5.74) is 2.16. The van der Waals surface area contributed by atoms with Crippen LogP contribution in [0.25, 0.3) is 0 Å². The Bertz CT molecular complexity index is 1080. The predicted molar refractivity (Wildman–Crippen MR) is 127 cm³/mol. The Balaban J connectivity index is 2.12. The Kier molecular flexibility index (Phi) is 10.7. The van der Waals surface area contributed by atoms with Crippen molar-refractivity contribution in [2.45, 2.75) is 32.4 Å². The van der Waals surface area contributed by atoms with Crippen LogP contribution in [0.5, 0.6) is 5.75 Å². The highest BCUT2D eigenvalue weighted by Gasteiger charge is 2.20. The average molecular weight is 489 g/mol. The predicted octanol–water partition coefficient (Wildman–Crippen LogP) is 4.15. The average Bonchev–Trinajstić information content (AvgIpc) is 2.84. The van der Waals surface area contributed by atoms with Crippen LogP contribution in [0.2, 0.25) is 0 Å². The van der Waals surface area contributed by atoms with E-state index >= 15 is 0 Å². The Morgan fingerprint density at radius 1 is 1.24 bits per heavy atom. The largest absolute Gasteiger partial charge is 0.481 e. The van der Waals surface area contributed by atoms with E-state index in [1.54, 1.807) is 49.2 Å². The van der Waals surface area contributed by atoms with Gasteiger partial charge < -0.3 is 9.53 Å². The molecular weight excluding hydrogens is 462 g/mol. The lowest BCUT2D eigenvalue weighted by atomic mass is 10.0. The number of hydrogen-bond donors (Lipinski definition) is 0. The van der Waals surface area contributed by atoms with Crippen molar-refractivity contribution in [1.82, 2.24) is 9.21 Å². The van der Waals surface area contributed by atoms with Crippen LogP contribution in [-0.4, -0.2) is 54.4 Å². The molecule has 1 atom stereocenters. The van der Waals surface area contributed by atoms with E-state index in [9.17, 15) is 22.7 Å². The molecule has 1 amide bonds. The van der Waals surface area contributed by atoms with Gasteiger partial charge in [0.1, 0.15) is 30.7 Å². The van der Waals surface area contributed by atoms with Gasteiger partial charge >= 0.3 is 0 Å². The summed E-state index contributed by atoms with van der Waals surface area (Å²) in [5, 5.41) is 0. The molecular formula is C25H26F2N2O4S. The number of hydrogen-bond acceptors (Lipinski definition) is 6. The molecule has 0 aliphatic carbocycles. The number of rotatable bonds is 11. The first-order chi connectivity index (χ1) is 16.3. The van der Waals surface area contributed by atoms with Gasteiger partial charge in [0.25, 0.3) is 0 Å². The molecule has 0 aromatic heterocycles. The lowest BCUT2D eigenvalue weighted by Gasteiger charge is -2.25. The van der Waals surface area contributed by atoms with Crippen molar-refractivity contribution in [3.8, 4) is 17.6 Å². The molecule has 2 aromatic rings. The normalized spacial score (nSPS) is 11.4. The first-order valence-electron chi connectivity index (χ1n) is 10.5.